The van der Waals surface area contributed by atoms with E-state index >= 15 is 0 Å². The lowest BCUT2D eigenvalue weighted by Crippen LogP contribution is -2.32. The summed E-state index contributed by atoms with van der Waals surface area (Å²) in [5.74, 6) is -0.580. The van der Waals surface area contributed by atoms with E-state index in [0.717, 1.165) is 23.5 Å². The summed E-state index contributed by atoms with van der Waals surface area (Å²) < 4.78 is 44.7. The number of imide groups is 1. The lowest BCUT2D eigenvalue weighted by Gasteiger charge is -2.13. The molecule has 31 heavy (non-hydrogen) atoms. The van der Waals surface area contributed by atoms with Crippen molar-refractivity contribution in [1.82, 2.24) is 4.90 Å². The van der Waals surface area contributed by atoms with Gasteiger partial charge in [0.25, 0.3) is 11.8 Å². The zero-order chi connectivity index (χ0) is 22.6. The number of halogens is 3. The molecule has 0 aromatic heterocycles. The van der Waals surface area contributed by atoms with E-state index < -0.39 is 23.6 Å². The number of nitrogens with one attached hydrogen (secondary N) is 1. The molecular formula is C23H21F3N2O3. The highest BCUT2D eigenvalue weighted by Gasteiger charge is 2.39. The van der Waals surface area contributed by atoms with E-state index in [0.29, 0.717) is 17.9 Å². The Morgan fingerprint density at radius 3 is 2.42 bits per heavy atom. The van der Waals surface area contributed by atoms with Crippen LogP contribution in [0.15, 0.2) is 66.9 Å². The Morgan fingerprint density at radius 2 is 1.81 bits per heavy atom. The Labute approximate surface area is 177 Å². The van der Waals surface area contributed by atoms with Gasteiger partial charge in [0.2, 0.25) is 0 Å². The SMILES string of the molecule is C=CCN1C(=O)C(Nc2cccc(C(F)(F)F)c2)=C(c2ccc(OCCC)cc2)C1=O. The highest BCUT2D eigenvalue weighted by molar-refractivity contribution is 6.36. The van der Waals surface area contributed by atoms with E-state index in [1.54, 1.807) is 24.3 Å². The van der Waals surface area contributed by atoms with E-state index in [9.17, 15) is 22.8 Å². The molecule has 0 atom stereocenters. The molecule has 8 heteroatoms. The molecule has 0 radical (unpaired) electrons. The van der Waals surface area contributed by atoms with Gasteiger partial charge in [0.1, 0.15) is 11.4 Å². The number of hydrogen-bond acceptors (Lipinski definition) is 4. The van der Waals surface area contributed by atoms with Gasteiger partial charge in [-0.15, -0.1) is 6.58 Å². The lowest BCUT2D eigenvalue weighted by molar-refractivity contribution is -0.138. The first kappa shape index (κ1) is 22.1. The molecule has 1 N–H and O–H groups in total. The first-order valence-corrected chi connectivity index (χ1v) is 9.65. The Hall–Kier alpha value is -3.55. The summed E-state index contributed by atoms with van der Waals surface area (Å²) in [6.07, 6.45) is -2.29. The molecule has 1 heterocycles. The van der Waals surface area contributed by atoms with Gasteiger partial charge in [0.05, 0.1) is 17.7 Å². The molecule has 0 saturated heterocycles. The van der Waals surface area contributed by atoms with Crippen LogP contribution in [0.3, 0.4) is 0 Å². The van der Waals surface area contributed by atoms with Crippen molar-refractivity contribution in [1.29, 1.82) is 0 Å². The van der Waals surface area contributed by atoms with Crippen molar-refractivity contribution in [3.63, 3.8) is 0 Å². The van der Waals surface area contributed by atoms with Crippen molar-refractivity contribution in [3.05, 3.63) is 78.0 Å². The molecule has 0 spiro atoms. The molecule has 0 aliphatic carbocycles. The van der Waals surface area contributed by atoms with E-state index in [2.05, 4.69) is 11.9 Å². The van der Waals surface area contributed by atoms with Crippen molar-refractivity contribution in [2.75, 3.05) is 18.5 Å². The van der Waals surface area contributed by atoms with Crippen LogP contribution in [0.4, 0.5) is 18.9 Å². The number of amides is 2. The molecular weight excluding hydrogens is 409 g/mol. The summed E-state index contributed by atoms with van der Waals surface area (Å²) in [6.45, 7) is 6.04. The Morgan fingerprint density at radius 1 is 1.10 bits per heavy atom. The number of carbonyl (C=O) groups is 2. The number of hydrogen-bond donors (Lipinski definition) is 1. The van der Waals surface area contributed by atoms with Crippen LogP contribution >= 0.6 is 0 Å². The van der Waals surface area contributed by atoms with Gasteiger partial charge in [-0.3, -0.25) is 14.5 Å². The van der Waals surface area contributed by atoms with Crippen LogP contribution in [0.5, 0.6) is 5.75 Å². The van der Waals surface area contributed by atoms with Gasteiger partial charge < -0.3 is 10.1 Å². The number of rotatable bonds is 8. The first-order chi connectivity index (χ1) is 14.8. The maximum atomic E-state index is 13.1. The standard InChI is InChI=1S/C23H21F3N2O3/c1-3-12-28-21(29)19(15-8-10-18(11-9-15)31-13-4-2)20(22(28)30)27-17-7-5-6-16(14-17)23(24,25)26/h3,5-11,14,27H,1,4,12-13H2,2H3. The highest BCUT2D eigenvalue weighted by Crippen LogP contribution is 2.34. The monoisotopic (exact) mass is 430 g/mol. The van der Waals surface area contributed by atoms with E-state index in [1.165, 1.54) is 18.2 Å². The van der Waals surface area contributed by atoms with Crippen LogP contribution in [0.2, 0.25) is 0 Å². The fraction of sp³-hybridized carbons (Fsp3) is 0.217. The number of nitrogens with zero attached hydrogens (tertiary/aromatic N) is 1. The fourth-order valence-electron chi connectivity index (χ4n) is 3.11. The van der Waals surface area contributed by atoms with Gasteiger partial charge in [-0.2, -0.15) is 13.2 Å². The molecule has 1 aliphatic heterocycles. The molecule has 0 unspecified atom stereocenters. The van der Waals surface area contributed by atoms with Crippen molar-refractivity contribution < 1.29 is 27.5 Å². The third kappa shape index (κ3) is 4.79. The summed E-state index contributed by atoms with van der Waals surface area (Å²) >= 11 is 0. The summed E-state index contributed by atoms with van der Waals surface area (Å²) in [7, 11) is 0. The van der Waals surface area contributed by atoms with Crippen molar-refractivity contribution >= 4 is 23.1 Å². The summed E-state index contributed by atoms with van der Waals surface area (Å²) in [5.41, 5.74) is -0.383. The minimum absolute atomic E-state index is 0.0212. The average Bonchev–Trinajstić information content (AvgIpc) is 2.97. The average molecular weight is 430 g/mol. The number of benzene rings is 2. The van der Waals surface area contributed by atoms with Crippen LogP contribution in [0.1, 0.15) is 24.5 Å². The Bertz CT molecular complexity index is 1030. The zero-order valence-electron chi connectivity index (χ0n) is 16.8. The Kier molecular flexibility index (Phi) is 6.48. The van der Waals surface area contributed by atoms with E-state index in [1.807, 2.05) is 6.92 Å². The molecule has 5 nitrogen and oxygen atoms in total. The van der Waals surface area contributed by atoms with Crippen LogP contribution in [0, 0.1) is 0 Å². The molecule has 162 valence electrons. The van der Waals surface area contributed by atoms with E-state index in [-0.39, 0.29) is 23.5 Å². The van der Waals surface area contributed by atoms with E-state index in [4.69, 9.17) is 4.74 Å². The second-order valence-electron chi connectivity index (χ2n) is 6.84. The third-order valence-corrected chi connectivity index (χ3v) is 4.55. The maximum Gasteiger partial charge on any atom is 0.416 e. The molecule has 2 amide bonds. The predicted molar refractivity (Wildman–Crippen MR) is 111 cm³/mol. The maximum absolute atomic E-state index is 13.1. The van der Waals surface area contributed by atoms with Crippen molar-refractivity contribution in [3.8, 4) is 5.75 Å². The normalized spacial score (nSPS) is 14.3. The van der Waals surface area contributed by atoms with Crippen LogP contribution in [0.25, 0.3) is 5.57 Å². The second kappa shape index (κ2) is 9.07. The van der Waals surface area contributed by atoms with Crippen LogP contribution < -0.4 is 10.1 Å². The molecule has 3 rings (SSSR count). The highest BCUT2D eigenvalue weighted by atomic mass is 19.4. The minimum Gasteiger partial charge on any atom is -0.494 e. The smallest absolute Gasteiger partial charge is 0.416 e. The Balaban J connectivity index is 2.01. The number of alkyl halides is 3. The number of carbonyl (C=O) groups excluding carboxylic acids is 2. The molecule has 0 fully saturated rings. The van der Waals surface area contributed by atoms with Crippen LogP contribution in [-0.4, -0.2) is 29.9 Å². The largest absolute Gasteiger partial charge is 0.494 e. The summed E-state index contributed by atoms with van der Waals surface area (Å²) in [5, 5.41) is 2.72. The topological polar surface area (TPSA) is 58.6 Å². The second-order valence-corrected chi connectivity index (χ2v) is 6.84. The minimum atomic E-state index is -4.53. The molecule has 2 aromatic carbocycles. The fourth-order valence-corrected chi connectivity index (χ4v) is 3.11. The number of anilines is 1. The lowest BCUT2D eigenvalue weighted by atomic mass is 10.0. The predicted octanol–water partition coefficient (Wildman–Crippen LogP) is 4.87. The first-order valence-electron chi connectivity index (χ1n) is 9.65. The summed E-state index contributed by atoms with van der Waals surface area (Å²) in [4.78, 5) is 26.8. The van der Waals surface area contributed by atoms with Crippen molar-refractivity contribution in [2.24, 2.45) is 0 Å². The van der Waals surface area contributed by atoms with Crippen LogP contribution in [-0.2, 0) is 15.8 Å². The van der Waals surface area contributed by atoms with Gasteiger partial charge in [0, 0.05) is 12.2 Å². The van der Waals surface area contributed by atoms with Crippen molar-refractivity contribution in [2.45, 2.75) is 19.5 Å². The zero-order valence-corrected chi connectivity index (χ0v) is 16.8. The quantitative estimate of drug-likeness (QED) is 0.480. The summed E-state index contributed by atoms with van der Waals surface area (Å²) in [6, 6.07) is 11.1. The van der Waals surface area contributed by atoms with Gasteiger partial charge in [-0.1, -0.05) is 31.2 Å². The molecule has 2 aromatic rings. The third-order valence-electron chi connectivity index (χ3n) is 4.55. The molecule has 0 bridgehead atoms. The molecule has 0 saturated carbocycles. The molecule has 1 aliphatic rings. The van der Waals surface area contributed by atoms with Gasteiger partial charge in [-0.25, -0.2) is 0 Å². The van der Waals surface area contributed by atoms with Gasteiger partial charge >= 0.3 is 6.18 Å². The number of ether oxygens (including phenoxy) is 1. The van der Waals surface area contributed by atoms with Gasteiger partial charge in [-0.05, 0) is 42.3 Å². The van der Waals surface area contributed by atoms with Gasteiger partial charge in [0.15, 0.2) is 0 Å².